The molecule has 0 unspecified atom stereocenters. The molecule has 10 nitrogen and oxygen atoms in total. The van der Waals surface area contributed by atoms with Gasteiger partial charge in [-0.1, -0.05) is 13.0 Å². The average molecular weight is 563 g/mol. The number of rotatable bonds is 10. The van der Waals surface area contributed by atoms with Crippen LogP contribution in [0.3, 0.4) is 0 Å². The smallest absolute Gasteiger partial charge is 0.353 e. The maximum atomic E-state index is 14.4. The van der Waals surface area contributed by atoms with Gasteiger partial charge in [0, 0.05) is 66.3 Å². The number of aliphatic hydroxyl groups excluding tert-OH is 1. The number of nitrogens with two attached hydrogens (primary N) is 1. The molecule has 0 bridgehead atoms. The maximum absolute atomic E-state index is 14.4. The molecule has 1 aromatic carbocycles. The van der Waals surface area contributed by atoms with Gasteiger partial charge in [-0.3, -0.25) is 9.69 Å². The predicted octanol–water partition coefficient (Wildman–Crippen LogP) is 1.37. The lowest BCUT2D eigenvalue weighted by Gasteiger charge is -2.28. The van der Waals surface area contributed by atoms with Gasteiger partial charge in [0.05, 0.1) is 6.10 Å². The molecule has 0 aromatic heterocycles. The van der Waals surface area contributed by atoms with E-state index in [0.717, 1.165) is 12.1 Å². The first-order chi connectivity index (χ1) is 17.2. The number of likely N-dealkylation sites (tertiary alicyclic amines) is 1. The highest BCUT2D eigenvalue weighted by Gasteiger charge is 2.45. The zero-order chi connectivity index (χ0) is 27.7. The molecule has 14 heteroatoms. The summed E-state index contributed by atoms with van der Waals surface area (Å²) in [5.74, 6) is -3.51. The Balaban J connectivity index is 1.88. The number of amides is 1. The Hall–Kier alpha value is -2.10. The Morgan fingerprint density at radius 2 is 2.00 bits per heavy atom. The minimum atomic E-state index is -3.99. The third kappa shape index (κ3) is 7.27. The van der Waals surface area contributed by atoms with Crippen molar-refractivity contribution in [1.82, 2.24) is 14.5 Å². The fraction of sp³-hybridized carbons (Fsp3) is 0.565. The molecule has 5 atom stereocenters. The zero-order valence-electron chi connectivity index (χ0n) is 20.7. The van der Waals surface area contributed by atoms with E-state index in [4.69, 9.17) is 5.14 Å². The lowest BCUT2D eigenvalue weighted by molar-refractivity contribution is -0.140. The molecular formula is C23H32F2N4O6S2. The number of thioether (sulfide) groups is 1. The van der Waals surface area contributed by atoms with E-state index < -0.39 is 51.9 Å². The molecule has 0 radical (unpaired) electrons. The van der Waals surface area contributed by atoms with Crippen molar-refractivity contribution >= 4 is 33.8 Å². The molecule has 1 aromatic rings. The quantitative estimate of drug-likeness (QED) is 0.334. The molecule has 206 valence electrons. The zero-order valence-corrected chi connectivity index (χ0v) is 22.4. The molecule has 1 saturated heterocycles. The van der Waals surface area contributed by atoms with Gasteiger partial charge in [-0.05, 0) is 25.8 Å². The molecule has 0 saturated carbocycles. The number of nitrogens with zero attached hydrogens (tertiary/aromatic N) is 2. The van der Waals surface area contributed by atoms with Gasteiger partial charge in [-0.15, -0.1) is 11.8 Å². The van der Waals surface area contributed by atoms with Gasteiger partial charge in [-0.2, -0.15) is 8.42 Å². The Morgan fingerprint density at radius 1 is 1.32 bits per heavy atom. The molecule has 2 aliphatic rings. The van der Waals surface area contributed by atoms with Crippen molar-refractivity contribution < 1.29 is 37.0 Å². The number of aliphatic carboxylic acids is 1. The number of nitrogens with one attached hydrogen (secondary N) is 1. The predicted molar refractivity (Wildman–Crippen MR) is 134 cm³/mol. The van der Waals surface area contributed by atoms with E-state index in [1.807, 2.05) is 11.8 Å². The summed E-state index contributed by atoms with van der Waals surface area (Å²) in [6, 6.07) is 2.31. The monoisotopic (exact) mass is 562 g/mol. The summed E-state index contributed by atoms with van der Waals surface area (Å²) >= 11 is 1.29. The van der Waals surface area contributed by atoms with Crippen LogP contribution < -0.4 is 9.86 Å². The van der Waals surface area contributed by atoms with Crippen LogP contribution in [0.15, 0.2) is 28.8 Å². The van der Waals surface area contributed by atoms with E-state index in [0.29, 0.717) is 17.9 Å². The standard InChI is InChI=1S/C23H32F2N4O6S2/c1-12(30)6-20-13(2)22(21(23(32)33)29(20)14(3)31)36-18-8-17(9-27-37(26,34)35)28(11-18)10-15-4-5-16(24)7-19(15)25/h4-5,7,12-13,17-18,20,27,30H,6,8-11H2,1-3H3,(H,32,33)(H2,26,34,35)/t12-,13-,17+,18+,20+/m1/s1. The summed E-state index contributed by atoms with van der Waals surface area (Å²) in [4.78, 5) is 28.2. The second-order valence-electron chi connectivity index (χ2n) is 9.54. The number of hydrogen-bond donors (Lipinski definition) is 4. The number of carboxylic acids is 1. The van der Waals surface area contributed by atoms with E-state index in [2.05, 4.69) is 4.72 Å². The third-order valence-electron chi connectivity index (χ3n) is 6.61. The van der Waals surface area contributed by atoms with Crippen LogP contribution in [0.1, 0.15) is 39.2 Å². The van der Waals surface area contributed by atoms with Crippen LogP contribution in [-0.2, 0) is 26.3 Å². The van der Waals surface area contributed by atoms with Crippen LogP contribution in [0.5, 0.6) is 0 Å². The molecule has 5 N–H and O–H groups in total. The van der Waals surface area contributed by atoms with E-state index in [1.54, 1.807) is 6.92 Å². The first-order valence-corrected chi connectivity index (χ1v) is 14.2. The normalized spacial score (nSPS) is 25.6. The molecule has 3 rings (SSSR count). The average Bonchev–Trinajstić information content (AvgIpc) is 3.27. The van der Waals surface area contributed by atoms with Crippen LogP contribution in [0, 0.1) is 17.6 Å². The Labute approximate surface area is 219 Å². The highest BCUT2D eigenvalue weighted by Crippen LogP contribution is 2.46. The van der Waals surface area contributed by atoms with E-state index in [9.17, 15) is 37.0 Å². The molecule has 2 heterocycles. The number of halogens is 2. The number of carboxylic acid groups (broad SMARTS) is 1. The van der Waals surface area contributed by atoms with Crippen LogP contribution in [-0.4, -0.2) is 76.8 Å². The van der Waals surface area contributed by atoms with Gasteiger partial charge in [0.25, 0.3) is 10.2 Å². The Kier molecular flexibility index (Phi) is 9.35. The lowest BCUT2D eigenvalue weighted by Crippen LogP contribution is -2.42. The van der Waals surface area contributed by atoms with Crippen molar-refractivity contribution in [3.05, 3.63) is 46.0 Å². The van der Waals surface area contributed by atoms with Gasteiger partial charge >= 0.3 is 5.97 Å². The minimum Gasteiger partial charge on any atom is -0.477 e. The summed E-state index contributed by atoms with van der Waals surface area (Å²) in [6.45, 7) is 5.03. The molecule has 1 amide bonds. The fourth-order valence-corrected chi connectivity index (χ4v) is 7.05. The number of hydrogen-bond acceptors (Lipinski definition) is 7. The lowest BCUT2D eigenvalue weighted by atomic mass is 9.98. The third-order valence-corrected chi connectivity index (χ3v) is 8.68. The molecule has 0 aliphatic carbocycles. The topological polar surface area (TPSA) is 153 Å². The highest BCUT2D eigenvalue weighted by atomic mass is 32.2. The van der Waals surface area contributed by atoms with Crippen molar-refractivity contribution in [2.75, 3.05) is 13.1 Å². The minimum absolute atomic E-state index is 0.0523. The summed E-state index contributed by atoms with van der Waals surface area (Å²) in [5.41, 5.74) is 0.102. The van der Waals surface area contributed by atoms with Crippen LogP contribution in [0.4, 0.5) is 8.78 Å². The number of benzene rings is 1. The summed E-state index contributed by atoms with van der Waals surface area (Å²) in [6.07, 6.45) is -0.140. The Bertz CT molecular complexity index is 1180. The van der Waals surface area contributed by atoms with Crippen LogP contribution >= 0.6 is 11.8 Å². The largest absolute Gasteiger partial charge is 0.477 e. The van der Waals surface area contributed by atoms with Crippen molar-refractivity contribution in [3.63, 3.8) is 0 Å². The van der Waals surface area contributed by atoms with E-state index >= 15 is 0 Å². The SMILES string of the molecule is CC(=O)N1C(C(=O)O)=C(S[C@H]2C[C@@H](CNS(N)(=O)=O)N(Cc3ccc(F)cc3F)C2)[C@H](C)[C@@H]1C[C@@H](C)O. The first kappa shape index (κ1) is 29.5. The number of carbonyl (C=O) groups is 2. The van der Waals surface area contributed by atoms with Crippen molar-refractivity contribution in [2.24, 2.45) is 11.1 Å². The highest BCUT2D eigenvalue weighted by molar-refractivity contribution is 8.03. The van der Waals surface area contributed by atoms with Crippen molar-refractivity contribution in [2.45, 2.75) is 63.6 Å². The molecular weight excluding hydrogens is 530 g/mol. The van der Waals surface area contributed by atoms with Crippen LogP contribution in [0.25, 0.3) is 0 Å². The summed E-state index contributed by atoms with van der Waals surface area (Å²) < 4.78 is 53.0. The molecule has 0 spiro atoms. The molecule has 37 heavy (non-hydrogen) atoms. The van der Waals surface area contributed by atoms with E-state index in [-0.39, 0.29) is 41.9 Å². The van der Waals surface area contributed by atoms with Gasteiger partial charge in [0.15, 0.2) is 0 Å². The van der Waals surface area contributed by atoms with Gasteiger partial charge < -0.3 is 15.1 Å². The first-order valence-electron chi connectivity index (χ1n) is 11.7. The second-order valence-corrected chi connectivity index (χ2v) is 12.3. The Morgan fingerprint density at radius 3 is 2.54 bits per heavy atom. The van der Waals surface area contributed by atoms with Gasteiger partial charge in [0.1, 0.15) is 17.3 Å². The summed E-state index contributed by atoms with van der Waals surface area (Å²) in [5, 5.41) is 24.8. The molecule has 1 fully saturated rings. The van der Waals surface area contributed by atoms with Gasteiger partial charge in [0.2, 0.25) is 5.91 Å². The fourth-order valence-electron chi connectivity index (χ4n) is 5.01. The van der Waals surface area contributed by atoms with E-state index in [1.165, 1.54) is 29.7 Å². The number of carbonyl (C=O) groups excluding carboxylic acids is 1. The molecule has 2 aliphatic heterocycles. The number of aliphatic hydroxyl groups is 1. The maximum Gasteiger partial charge on any atom is 0.353 e. The second kappa shape index (κ2) is 11.7. The van der Waals surface area contributed by atoms with Gasteiger partial charge in [-0.25, -0.2) is 23.4 Å². The van der Waals surface area contributed by atoms with Crippen LogP contribution in [0.2, 0.25) is 0 Å². The van der Waals surface area contributed by atoms with Crippen molar-refractivity contribution in [1.29, 1.82) is 0 Å². The summed E-state index contributed by atoms with van der Waals surface area (Å²) in [7, 11) is -3.99. The van der Waals surface area contributed by atoms with Crippen molar-refractivity contribution in [3.8, 4) is 0 Å².